The van der Waals surface area contributed by atoms with E-state index in [0.717, 1.165) is 26.1 Å². The van der Waals surface area contributed by atoms with Crippen LogP contribution < -0.4 is 10.2 Å². The molecule has 1 aliphatic heterocycles. The fourth-order valence-corrected chi connectivity index (χ4v) is 3.67. The molecule has 1 unspecified atom stereocenters. The van der Waals surface area contributed by atoms with E-state index >= 15 is 0 Å². The highest BCUT2D eigenvalue weighted by Gasteiger charge is 2.22. The second-order valence-electron chi connectivity index (χ2n) is 6.19. The maximum absolute atomic E-state index is 3.72. The second kappa shape index (κ2) is 6.63. The van der Waals surface area contributed by atoms with Gasteiger partial charge in [-0.2, -0.15) is 11.3 Å². The molecule has 1 atom stereocenters. The van der Waals surface area contributed by atoms with Crippen molar-refractivity contribution in [3.8, 4) is 0 Å². The molecule has 2 heterocycles. The summed E-state index contributed by atoms with van der Waals surface area (Å²) in [7, 11) is 0. The molecule has 2 aromatic rings. The predicted octanol–water partition coefficient (Wildman–Crippen LogP) is 3.93. The molecule has 0 fully saturated rings. The molecule has 0 bridgehead atoms. The molecule has 1 aromatic carbocycles. The number of anilines is 1. The number of nitrogens with one attached hydrogen (secondary N) is 1. The number of rotatable bonds is 4. The van der Waals surface area contributed by atoms with Gasteiger partial charge in [0.2, 0.25) is 0 Å². The van der Waals surface area contributed by atoms with Gasteiger partial charge in [0.05, 0.1) is 0 Å². The zero-order valence-corrected chi connectivity index (χ0v) is 13.7. The van der Waals surface area contributed by atoms with Crippen molar-refractivity contribution in [3.63, 3.8) is 0 Å². The summed E-state index contributed by atoms with van der Waals surface area (Å²) < 4.78 is 0. The van der Waals surface area contributed by atoms with Crippen LogP contribution in [0.5, 0.6) is 0 Å². The Hall–Kier alpha value is -1.32. The maximum atomic E-state index is 3.72. The topological polar surface area (TPSA) is 15.3 Å². The minimum Gasteiger partial charge on any atom is -0.369 e. The number of hydrogen-bond acceptors (Lipinski definition) is 3. The van der Waals surface area contributed by atoms with Crippen LogP contribution >= 0.6 is 11.3 Å². The minimum absolute atomic E-state index is 0.555. The zero-order valence-electron chi connectivity index (χ0n) is 12.9. The average molecular weight is 300 g/mol. The number of benzene rings is 1. The molecular weight excluding hydrogens is 276 g/mol. The Kier molecular flexibility index (Phi) is 4.61. The first-order valence-electron chi connectivity index (χ1n) is 7.81. The van der Waals surface area contributed by atoms with Crippen molar-refractivity contribution in [3.05, 3.63) is 52.2 Å². The van der Waals surface area contributed by atoms with E-state index in [4.69, 9.17) is 0 Å². The van der Waals surface area contributed by atoms with E-state index in [-0.39, 0.29) is 0 Å². The normalized spacial score (nSPS) is 18.6. The van der Waals surface area contributed by atoms with Crippen molar-refractivity contribution in [1.29, 1.82) is 0 Å². The molecule has 0 spiro atoms. The third kappa shape index (κ3) is 3.47. The van der Waals surface area contributed by atoms with Crippen LogP contribution in [0.15, 0.2) is 41.1 Å². The van der Waals surface area contributed by atoms with Gasteiger partial charge in [-0.15, -0.1) is 0 Å². The Balaban J connectivity index is 1.79. The Labute approximate surface area is 131 Å². The van der Waals surface area contributed by atoms with E-state index in [2.05, 4.69) is 65.2 Å². The second-order valence-corrected chi connectivity index (χ2v) is 6.97. The van der Waals surface area contributed by atoms with Crippen LogP contribution in [-0.4, -0.2) is 19.1 Å². The lowest BCUT2D eigenvalue weighted by atomic mass is 10.0. The number of para-hydroxylation sites is 1. The summed E-state index contributed by atoms with van der Waals surface area (Å²) in [4.78, 5) is 2.57. The lowest BCUT2D eigenvalue weighted by Gasteiger charge is -2.29. The lowest BCUT2D eigenvalue weighted by Crippen LogP contribution is -2.42. The van der Waals surface area contributed by atoms with E-state index in [9.17, 15) is 0 Å². The molecule has 112 valence electrons. The summed E-state index contributed by atoms with van der Waals surface area (Å²) in [5, 5.41) is 8.16. The van der Waals surface area contributed by atoms with Crippen molar-refractivity contribution in [2.45, 2.75) is 32.9 Å². The number of hydrogen-bond donors (Lipinski definition) is 1. The predicted molar refractivity (Wildman–Crippen MR) is 92.1 cm³/mol. The van der Waals surface area contributed by atoms with Crippen LogP contribution in [-0.2, 0) is 13.0 Å². The van der Waals surface area contributed by atoms with Gasteiger partial charge in [0.1, 0.15) is 0 Å². The Morgan fingerprint density at radius 1 is 1.29 bits per heavy atom. The van der Waals surface area contributed by atoms with Gasteiger partial charge in [-0.3, -0.25) is 0 Å². The van der Waals surface area contributed by atoms with Crippen LogP contribution in [0.2, 0.25) is 0 Å². The molecule has 1 aliphatic rings. The molecule has 21 heavy (non-hydrogen) atoms. The number of thiophene rings is 1. The maximum Gasteiger partial charge on any atom is 0.0412 e. The molecule has 0 amide bonds. The molecule has 3 rings (SSSR count). The Morgan fingerprint density at radius 3 is 2.90 bits per heavy atom. The van der Waals surface area contributed by atoms with Crippen LogP contribution in [0, 0.1) is 5.92 Å². The first-order valence-corrected chi connectivity index (χ1v) is 8.75. The average Bonchev–Trinajstić information content (AvgIpc) is 2.93. The van der Waals surface area contributed by atoms with Crippen LogP contribution in [0.3, 0.4) is 0 Å². The molecular formula is C18H24N2S. The van der Waals surface area contributed by atoms with Gasteiger partial charge in [0.25, 0.3) is 0 Å². The summed E-state index contributed by atoms with van der Waals surface area (Å²) >= 11 is 1.79. The fourth-order valence-electron chi connectivity index (χ4n) is 2.97. The van der Waals surface area contributed by atoms with Crippen LogP contribution in [0.25, 0.3) is 0 Å². The fraction of sp³-hybridized carbons (Fsp3) is 0.444. The summed E-state index contributed by atoms with van der Waals surface area (Å²) in [6.45, 7) is 7.79. The van der Waals surface area contributed by atoms with Crippen LogP contribution in [0.4, 0.5) is 5.69 Å². The van der Waals surface area contributed by atoms with Gasteiger partial charge in [-0.25, -0.2) is 0 Å². The molecule has 1 aromatic heterocycles. The molecule has 1 N–H and O–H groups in total. The standard InChI is InChI=1S/C18H24N2S/c1-14(2)17-12-20(9-7-15-8-10-21-13-15)18-6-4-3-5-16(18)11-19-17/h3-6,8,10,13-14,17,19H,7,9,11-12H2,1-2H3. The monoisotopic (exact) mass is 300 g/mol. The van der Waals surface area contributed by atoms with Gasteiger partial charge >= 0.3 is 0 Å². The van der Waals surface area contributed by atoms with Gasteiger partial charge in [0, 0.05) is 31.4 Å². The first kappa shape index (κ1) is 14.6. The van der Waals surface area contributed by atoms with Gasteiger partial charge in [-0.05, 0) is 46.4 Å². The lowest BCUT2D eigenvalue weighted by molar-refractivity contribution is 0.404. The largest absolute Gasteiger partial charge is 0.369 e. The van der Waals surface area contributed by atoms with Gasteiger partial charge in [-0.1, -0.05) is 32.0 Å². The minimum atomic E-state index is 0.555. The van der Waals surface area contributed by atoms with E-state index in [1.165, 1.54) is 16.8 Å². The van der Waals surface area contributed by atoms with Crippen molar-refractivity contribution in [1.82, 2.24) is 5.32 Å². The summed E-state index contributed by atoms with van der Waals surface area (Å²) in [6, 6.07) is 11.6. The molecule has 3 heteroatoms. The highest BCUT2D eigenvalue weighted by Crippen LogP contribution is 2.25. The summed E-state index contributed by atoms with van der Waals surface area (Å²) in [5.41, 5.74) is 4.28. The van der Waals surface area contributed by atoms with Gasteiger partial charge < -0.3 is 10.2 Å². The smallest absolute Gasteiger partial charge is 0.0412 e. The third-order valence-corrected chi connectivity index (χ3v) is 5.09. The van der Waals surface area contributed by atoms with Gasteiger partial charge in [0.15, 0.2) is 0 Å². The van der Waals surface area contributed by atoms with E-state index in [1.54, 1.807) is 11.3 Å². The van der Waals surface area contributed by atoms with Crippen molar-refractivity contribution in [2.75, 3.05) is 18.0 Å². The van der Waals surface area contributed by atoms with Crippen molar-refractivity contribution < 1.29 is 0 Å². The summed E-state index contributed by atoms with van der Waals surface area (Å²) in [6.07, 6.45) is 1.13. The summed E-state index contributed by atoms with van der Waals surface area (Å²) in [5.74, 6) is 0.656. The molecule has 0 saturated carbocycles. The quantitative estimate of drug-likeness (QED) is 0.920. The van der Waals surface area contributed by atoms with Crippen molar-refractivity contribution >= 4 is 17.0 Å². The number of nitrogens with zero attached hydrogens (tertiary/aromatic N) is 1. The van der Waals surface area contributed by atoms with E-state index in [0.29, 0.717) is 12.0 Å². The zero-order chi connectivity index (χ0) is 14.7. The molecule has 0 radical (unpaired) electrons. The molecule has 0 aliphatic carbocycles. The highest BCUT2D eigenvalue weighted by atomic mass is 32.1. The molecule has 0 saturated heterocycles. The van der Waals surface area contributed by atoms with Crippen LogP contribution in [0.1, 0.15) is 25.0 Å². The highest BCUT2D eigenvalue weighted by molar-refractivity contribution is 7.07. The molecule has 2 nitrogen and oxygen atoms in total. The SMILES string of the molecule is CC(C)C1CN(CCc2ccsc2)c2ccccc2CN1. The number of fused-ring (bicyclic) bond motifs is 1. The van der Waals surface area contributed by atoms with E-state index < -0.39 is 0 Å². The first-order chi connectivity index (χ1) is 10.2. The Morgan fingerprint density at radius 2 is 2.14 bits per heavy atom. The third-order valence-electron chi connectivity index (χ3n) is 4.36. The van der Waals surface area contributed by atoms with E-state index in [1.807, 2.05) is 0 Å². The van der Waals surface area contributed by atoms with Crippen molar-refractivity contribution in [2.24, 2.45) is 5.92 Å². The Bertz CT molecular complexity index is 562.